The maximum Gasteiger partial charge on any atom is 0.303 e. The van der Waals surface area contributed by atoms with Crippen LogP contribution in [-0.4, -0.2) is 16.9 Å². The van der Waals surface area contributed by atoms with Crippen LogP contribution >= 0.6 is 11.6 Å². The zero-order chi connectivity index (χ0) is 11.3. The first-order valence-corrected chi connectivity index (χ1v) is 4.93. The minimum Gasteiger partial charge on any atom is -0.481 e. The first kappa shape index (κ1) is 11.7. The standard InChI is InChI=1S/C11H11ClO3/c12-9-3-1-2-8(6-9)7-10(13)4-5-11(14)15/h1-3,6H,4-5,7H2,(H,14,15). The van der Waals surface area contributed by atoms with Crippen LogP contribution in [0.5, 0.6) is 0 Å². The van der Waals surface area contributed by atoms with Gasteiger partial charge >= 0.3 is 5.97 Å². The Balaban J connectivity index is 2.48. The van der Waals surface area contributed by atoms with Crippen molar-refractivity contribution in [1.29, 1.82) is 0 Å². The number of rotatable bonds is 5. The second kappa shape index (κ2) is 5.51. The molecule has 80 valence electrons. The number of carboxylic acids is 1. The summed E-state index contributed by atoms with van der Waals surface area (Å²) >= 11 is 5.75. The molecule has 0 radical (unpaired) electrons. The Morgan fingerprint density at radius 1 is 1.27 bits per heavy atom. The summed E-state index contributed by atoms with van der Waals surface area (Å²) in [5.74, 6) is -1.03. The minimum absolute atomic E-state index is 0.0713. The maximum absolute atomic E-state index is 11.3. The smallest absolute Gasteiger partial charge is 0.303 e. The third-order valence-electron chi connectivity index (χ3n) is 1.91. The molecule has 1 N–H and O–H groups in total. The predicted molar refractivity (Wildman–Crippen MR) is 57.0 cm³/mol. The molecule has 4 heteroatoms. The molecule has 0 aliphatic carbocycles. The van der Waals surface area contributed by atoms with Gasteiger partial charge in [0.25, 0.3) is 0 Å². The van der Waals surface area contributed by atoms with E-state index in [1.165, 1.54) is 0 Å². The molecule has 3 nitrogen and oxygen atoms in total. The third-order valence-corrected chi connectivity index (χ3v) is 2.14. The number of carboxylic acid groups (broad SMARTS) is 1. The van der Waals surface area contributed by atoms with Crippen LogP contribution in [-0.2, 0) is 16.0 Å². The normalized spacial score (nSPS) is 9.93. The van der Waals surface area contributed by atoms with E-state index in [4.69, 9.17) is 16.7 Å². The minimum atomic E-state index is -0.950. The highest BCUT2D eigenvalue weighted by atomic mass is 35.5. The summed E-state index contributed by atoms with van der Waals surface area (Å²) in [7, 11) is 0. The van der Waals surface area contributed by atoms with Crippen molar-refractivity contribution >= 4 is 23.4 Å². The highest BCUT2D eigenvalue weighted by Gasteiger charge is 2.06. The SMILES string of the molecule is O=C(O)CCC(=O)Cc1cccc(Cl)c1. The van der Waals surface area contributed by atoms with E-state index in [1.54, 1.807) is 24.3 Å². The monoisotopic (exact) mass is 226 g/mol. The second-order valence-corrected chi connectivity index (χ2v) is 3.68. The number of hydrogen-bond acceptors (Lipinski definition) is 2. The van der Waals surface area contributed by atoms with Gasteiger partial charge < -0.3 is 5.11 Å². The summed E-state index contributed by atoms with van der Waals surface area (Å²) in [4.78, 5) is 21.6. The predicted octanol–water partition coefficient (Wildman–Crippen LogP) is 2.32. The number of hydrogen-bond donors (Lipinski definition) is 1. The van der Waals surface area contributed by atoms with Crippen molar-refractivity contribution in [2.24, 2.45) is 0 Å². The van der Waals surface area contributed by atoms with Gasteiger partial charge in [-0.1, -0.05) is 23.7 Å². The lowest BCUT2D eigenvalue weighted by molar-refractivity contribution is -0.138. The van der Waals surface area contributed by atoms with Gasteiger partial charge in [0.05, 0.1) is 6.42 Å². The van der Waals surface area contributed by atoms with E-state index in [0.717, 1.165) is 5.56 Å². The molecule has 0 bridgehead atoms. The van der Waals surface area contributed by atoms with Crippen LogP contribution in [0.3, 0.4) is 0 Å². The summed E-state index contributed by atoms with van der Waals surface area (Å²) < 4.78 is 0. The number of carbonyl (C=O) groups is 2. The summed E-state index contributed by atoms with van der Waals surface area (Å²) in [5, 5.41) is 8.98. The highest BCUT2D eigenvalue weighted by molar-refractivity contribution is 6.30. The quantitative estimate of drug-likeness (QED) is 0.838. The number of Topliss-reactive ketones (excluding diaryl/α,β-unsaturated/α-hetero) is 1. The van der Waals surface area contributed by atoms with E-state index in [0.29, 0.717) is 5.02 Å². The summed E-state index contributed by atoms with van der Waals surface area (Å²) in [6.45, 7) is 0. The lowest BCUT2D eigenvalue weighted by atomic mass is 10.1. The largest absolute Gasteiger partial charge is 0.481 e. The van der Waals surface area contributed by atoms with Gasteiger partial charge in [0, 0.05) is 17.9 Å². The van der Waals surface area contributed by atoms with Gasteiger partial charge in [0.1, 0.15) is 5.78 Å². The van der Waals surface area contributed by atoms with Gasteiger partial charge in [-0.2, -0.15) is 0 Å². The van der Waals surface area contributed by atoms with Gasteiger partial charge in [-0.25, -0.2) is 0 Å². The molecule has 0 aliphatic rings. The van der Waals surface area contributed by atoms with Crippen LogP contribution in [0.2, 0.25) is 5.02 Å². The van der Waals surface area contributed by atoms with E-state index in [-0.39, 0.29) is 25.0 Å². The van der Waals surface area contributed by atoms with Crippen LogP contribution in [0.15, 0.2) is 24.3 Å². The van der Waals surface area contributed by atoms with Crippen LogP contribution in [0.25, 0.3) is 0 Å². The Hall–Kier alpha value is -1.35. The zero-order valence-corrected chi connectivity index (χ0v) is 8.83. The van der Waals surface area contributed by atoms with E-state index in [1.807, 2.05) is 0 Å². The number of aliphatic carboxylic acids is 1. The molecule has 0 spiro atoms. The fourth-order valence-corrected chi connectivity index (χ4v) is 1.42. The third kappa shape index (κ3) is 4.61. The van der Waals surface area contributed by atoms with E-state index in [9.17, 15) is 9.59 Å². The molecule has 0 aromatic heterocycles. The fourth-order valence-electron chi connectivity index (χ4n) is 1.21. The van der Waals surface area contributed by atoms with Crippen molar-refractivity contribution in [3.05, 3.63) is 34.9 Å². The van der Waals surface area contributed by atoms with Crippen molar-refractivity contribution in [2.75, 3.05) is 0 Å². The Labute approximate surface area is 92.7 Å². The molecule has 0 saturated carbocycles. The lowest BCUT2D eigenvalue weighted by Gasteiger charge is -2.00. The van der Waals surface area contributed by atoms with Crippen molar-refractivity contribution in [2.45, 2.75) is 19.3 Å². The molecule has 0 aliphatic heterocycles. The number of ketones is 1. The Kier molecular flexibility index (Phi) is 4.31. The van der Waals surface area contributed by atoms with Crippen molar-refractivity contribution in [1.82, 2.24) is 0 Å². The molecule has 1 aromatic carbocycles. The van der Waals surface area contributed by atoms with Crippen LogP contribution < -0.4 is 0 Å². The van der Waals surface area contributed by atoms with Gasteiger partial charge in [0.2, 0.25) is 0 Å². The zero-order valence-electron chi connectivity index (χ0n) is 8.07. The molecule has 0 saturated heterocycles. The van der Waals surface area contributed by atoms with Crippen LogP contribution in [0.1, 0.15) is 18.4 Å². The van der Waals surface area contributed by atoms with Crippen molar-refractivity contribution in [3.63, 3.8) is 0 Å². The highest BCUT2D eigenvalue weighted by Crippen LogP contribution is 2.12. The number of carbonyl (C=O) groups excluding carboxylic acids is 1. The average molecular weight is 227 g/mol. The second-order valence-electron chi connectivity index (χ2n) is 3.24. The van der Waals surface area contributed by atoms with Crippen molar-refractivity contribution in [3.8, 4) is 0 Å². The summed E-state index contributed by atoms with van der Waals surface area (Å²) in [5.41, 5.74) is 0.817. The molecule has 1 aromatic rings. The van der Waals surface area contributed by atoms with Gasteiger partial charge in [0.15, 0.2) is 0 Å². The molecule has 1 rings (SSSR count). The summed E-state index contributed by atoms with van der Waals surface area (Å²) in [6, 6.07) is 7.00. The van der Waals surface area contributed by atoms with E-state index >= 15 is 0 Å². The molecule has 0 fully saturated rings. The first-order chi connectivity index (χ1) is 7.08. The maximum atomic E-state index is 11.3. The van der Waals surface area contributed by atoms with E-state index < -0.39 is 5.97 Å². The van der Waals surface area contributed by atoms with Gasteiger partial charge in [-0.05, 0) is 17.7 Å². The molecule has 0 heterocycles. The fraction of sp³-hybridized carbons (Fsp3) is 0.273. The lowest BCUT2D eigenvalue weighted by Crippen LogP contribution is -2.06. The molecule has 0 unspecified atom stereocenters. The van der Waals surface area contributed by atoms with Crippen molar-refractivity contribution < 1.29 is 14.7 Å². The Morgan fingerprint density at radius 3 is 2.60 bits per heavy atom. The molecule has 0 atom stereocenters. The van der Waals surface area contributed by atoms with E-state index in [2.05, 4.69) is 0 Å². The number of benzene rings is 1. The topological polar surface area (TPSA) is 54.4 Å². The summed E-state index contributed by atoms with van der Waals surface area (Å²) in [6.07, 6.45) is 0.203. The van der Waals surface area contributed by atoms with Gasteiger partial charge in [-0.15, -0.1) is 0 Å². The molecule has 15 heavy (non-hydrogen) atoms. The van der Waals surface area contributed by atoms with Gasteiger partial charge in [-0.3, -0.25) is 9.59 Å². The Morgan fingerprint density at radius 2 is 2.00 bits per heavy atom. The van der Waals surface area contributed by atoms with Crippen LogP contribution in [0, 0.1) is 0 Å². The molecular weight excluding hydrogens is 216 g/mol. The van der Waals surface area contributed by atoms with Crippen LogP contribution in [0.4, 0.5) is 0 Å². The molecule has 0 amide bonds. The average Bonchev–Trinajstić information content (AvgIpc) is 2.15. The molecular formula is C11H11ClO3. The first-order valence-electron chi connectivity index (χ1n) is 4.56. The number of halogens is 1. The Bertz CT molecular complexity index is 374.